The molecule has 0 N–H and O–H groups in total. The number of hydrogen-bond donors (Lipinski definition) is 0. The molecular weight excluding hydrogens is 402 g/mol. The number of benzene rings is 1. The lowest BCUT2D eigenvalue weighted by Gasteiger charge is -2.45. The first-order valence-electron chi connectivity index (χ1n) is 10.7. The summed E-state index contributed by atoms with van der Waals surface area (Å²) in [5.41, 5.74) is 1.98. The van der Waals surface area contributed by atoms with Crippen molar-refractivity contribution in [2.45, 2.75) is 57.8 Å². The molecule has 4 rings (SSSR count). The molecule has 1 saturated heterocycles. The Kier molecular flexibility index (Phi) is 5.81. The quantitative estimate of drug-likeness (QED) is 0.673. The highest BCUT2D eigenvalue weighted by Crippen LogP contribution is 2.53. The number of hydrogen-bond acceptors (Lipinski definition) is 7. The van der Waals surface area contributed by atoms with Crippen molar-refractivity contribution in [1.82, 2.24) is 5.06 Å². The topological polar surface area (TPSA) is 83.5 Å². The largest absolute Gasteiger partial charge is 0.513 e. The van der Waals surface area contributed by atoms with Crippen molar-refractivity contribution < 1.29 is 33.4 Å². The lowest BCUT2D eigenvalue weighted by atomic mass is 9.77. The van der Waals surface area contributed by atoms with Gasteiger partial charge < -0.3 is 18.9 Å². The number of carbonyl (C=O) groups excluding carboxylic acids is 2. The highest BCUT2D eigenvalue weighted by molar-refractivity contribution is 6.23. The summed E-state index contributed by atoms with van der Waals surface area (Å²) in [5.74, 6) is -0.698. The van der Waals surface area contributed by atoms with Crippen LogP contribution in [0, 0.1) is 13.8 Å². The maximum absolute atomic E-state index is 13.6. The molecule has 2 heterocycles. The van der Waals surface area contributed by atoms with E-state index in [1.807, 2.05) is 32.0 Å². The predicted molar refractivity (Wildman–Crippen MR) is 111 cm³/mol. The molecule has 2 fully saturated rings. The van der Waals surface area contributed by atoms with Crippen LogP contribution in [0.25, 0.3) is 5.57 Å². The Morgan fingerprint density at radius 2 is 1.71 bits per heavy atom. The Morgan fingerprint density at radius 1 is 1.10 bits per heavy atom. The van der Waals surface area contributed by atoms with Crippen molar-refractivity contribution in [2.75, 3.05) is 26.9 Å². The minimum Gasteiger partial charge on any atom is -0.434 e. The number of ether oxygens (including phenoxy) is 4. The highest BCUT2D eigenvalue weighted by Gasteiger charge is 2.60. The minimum atomic E-state index is -0.941. The van der Waals surface area contributed by atoms with Crippen LogP contribution in [-0.4, -0.2) is 55.4 Å². The number of carbonyl (C=O) groups is 2. The average Bonchev–Trinajstić information content (AvgIpc) is 3.27. The molecule has 1 aliphatic carbocycles. The van der Waals surface area contributed by atoms with Crippen LogP contribution in [0.1, 0.15) is 49.3 Å². The van der Waals surface area contributed by atoms with Crippen molar-refractivity contribution in [1.29, 1.82) is 0 Å². The number of nitrogens with zero attached hydrogens (tertiary/aromatic N) is 1. The Morgan fingerprint density at radius 3 is 2.26 bits per heavy atom. The van der Waals surface area contributed by atoms with E-state index >= 15 is 0 Å². The van der Waals surface area contributed by atoms with E-state index in [2.05, 4.69) is 0 Å². The fraction of sp³-hybridized carbons (Fsp3) is 0.565. The number of rotatable bonds is 4. The Balaban J connectivity index is 1.84. The van der Waals surface area contributed by atoms with Gasteiger partial charge in [0, 0.05) is 12.8 Å². The molecule has 1 amide bonds. The monoisotopic (exact) mass is 431 g/mol. The van der Waals surface area contributed by atoms with Crippen LogP contribution in [-0.2, 0) is 28.6 Å². The zero-order valence-corrected chi connectivity index (χ0v) is 18.5. The first-order chi connectivity index (χ1) is 14.9. The predicted octanol–water partition coefficient (Wildman–Crippen LogP) is 3.65. The first kappa shape index (κ1) is 21.8. The summed E-state index contributed by atoms with van der Waals surface area (Å²) >= 11 is 0. The SMILES string of the molecule is CCOC(=O)OC1=C(c2c(C)cccc2C)C(=O)N(OC)C12CCC1(CC2)OCCO1. The maximum Gasteiger partial charge on any atom is 0.513 e. The third-order valence-corrected chi connectivity index (χ3v) is 6.45. The molecular formula is C23H29NO7. The molecule has 1 aromatic rings. The van der Waals surface area contributed by atoms with Crippen LogP contribution in [0.4, 0.5) is 4.79 Å². The van der Waals surface area contributed by atoms with Gasteiger partial charge in [-0.05, 0) is 50.3 Å². The molecule has 1 aromatic carbocycles. The van der Waals surface area contributed by atoms with Gasteiger partial charge in [-0.15, -0.1) is 0 Å². The van der Waals surface area contributed by atoms with Gasteiger partial charge in [0.25, 0.3) is 5.91 Å². The van der Waals surface area contributed by atoms with Gasteiger partial charge in [0.1, 0.15) is 5.54 Å². The van der Waals surface area contributed by atoms with Crippen LogP contribution in [0.2, 0.25) is 0 Å². The third-order valence-electron chi connectivity index (χ3n) is 6.45. The number of amides is 1. The third kappa shape index (κ3) is 3.52. The summed E-state index contributed by atoms with van der Waals surface area (Å²) in [5, 5.41) is 1.35. The maximum atomic E-state index is 13.6. The zero-order valence-electron chi connectivity index (χ0n) is 18.5. The molecule has 8 nitrogen and oxygen atoms in total. The molecule has 2 spiro atoms. The molecule has 31 heavy (non-hydrogen) atoms. The smallest absolute Gasteiger partial charge is 0.434 e. The van der Waals surface area contributed by atoms with Crippen LogP contribution in [0.5, 0.6) is 0 Å². The molecule has 1 saturated carbocycles. The highest BCUT2D eigenvalue weighted by atomic mass is 16.7. The first-order valence-corrected chi connectivity index (χ1v) is 10.7. The molecule has 2 aliphatic heterocycles. The second-order valence-corrected chi connectivity index (χ2v) is 8.18. The summed E-state index contributed by atoms with van der Waals surface area (Å²) in [6, 6.07) is 5.80. The second kappa shape index (κ2) is 8.26. The second-order valence-electron chi connectivity index (χ2n) is 8.18. The van der Waals surface area contributed by atoms with Crippen LogP contribution < -0.4 is 0 Å². The van der Waals surface area contributed by atoms with Crippen molar-refractivity contribution in [3.8, 4) is 0 Å². The van der Waals surface area contributed by atoms with Gasteiger partial charge in [0.05, 0.1) is 32.5 Å². The molecule has 8 heteroatoms. The van der Waals surface area contributed by atoms with E-state index in [4.69, 9.17) is 23.8 Å². The fourth-order valence-electron chi connectivity index (χ4n) is 5.04. The fourth-order valence-corrected chi connectivity index (χ4v) is 5.04. The van der Waals surface area contributed by atoms with Gasteiger partial charge in [0.15, 0.2) is 11.5 Å². The van der Waals surface area contributed by atoms with E-state index in [-0.39, 0.29) is 18.3 Å². The lowest BCUT2D eigenvalue weighted by Crippen LogP contribution is -2.54. The molecule has 0 bridgehead atoms. The molecule has 0 radical (unpaired) electrons. The van der Waals surface area contributed by atoms with Crippen molar-refractivity contribution in [2.24, 2.45) is 0 Å². The molecule has 168 valence electrons. The van der Waals surface area contributed by atoms with E-state index in [1.54, 1.807) is 6.92 Å². The average molecular weight is 431 g/mol. The van der Waals surface area contributed by atoms with Gasteiger partial charge in [-0.3, -0.25) is 9.63 Å². The van der Waals surface area contributed by atoms with Crippen molar-refractivity contribution >= 4 is 17.6 Å². The van der Waals surface area contributed by atoms with E-state index in [9.17, 15) is 9.59 Å². The van der Waals surface area contributed by atoms with E-state index in [1.165, 1.54) is 12.2 Å². The molecule has 0 aromatic heterocycles. The standard InChI is InChI=1S/C23H29NO7/c1-5-28-21(26)31-19-18(17-15(2)7-6-8-16(17)3)20(25)24(27-4)22(19)9-11-23(12-10-22)29-13-14-30-23/h6-8H,5,9-14H2,1-4H3. The minimum absolute atomic E-state index is 0.171. The summed E-state index contributed by atoms with van der Waals surface area (Å²) < 4.78 is 22.6. The zero-order chi connectivity index (χ0) is 22.2. The summed E-state index contributed by atoms with van der Waals surface area (Å²) in [4.78, 5) is 31.6. The van der Waals surface area contributed by atoms with Crippen LogP contribution >= 0.6 is 0 Å². The molecule has 0 unspecified atom stereocenters. The normalized spacial score (nSPS) is 21.9. The van der Waals surface area contributed by atoms with Gasteiger partial charge in [-0.1, -0.05) is 18.2 Å². The number of hydroxylamine groups is 2. The van der Waals surface area contributed by atoms with Gasteiger partial charge in [-0.2, -0.15) is 0 Å². The Hall–Kier alpha value is -2.42. The Labute approximate surface area is 182 Å². The van der Waals surface area contributed by atoms with Gasteiger partial charge in [-0.25, -0.2) is 9.86 Å². The summed E-state index contributed by atoms with van der Waals surface area (Å²) in [6.07, 6.45) is 1.21. The van der Waals surface area contributed by atoms with E-state index < -0.39 is 17.5 Å². The lowest BCUT2D eigenvalue weighted by molar-refractivity contribution is -0.232. The number of aryl methyl sites for hydroxylation is 2. The summed E-state index contributed by atoms with van der Waals surface area (Å²) in [6.45, 7) is 6.85. The van der Waals surface area contributed by atoms with Gasteiger partial charge in [0.2, 0.25) is 0 Å². The molecule has 3 aliphatic rings. The van der Waals surface area contributed by atoms with E-state index in [0.717, 1.165) is 16.7 Å². The summed E-state index contributed by atoms with van der Waals surface area (Å²) in [7, 11) is 1.46. The van der Waals surface area contributed by atoms with Gasteiger partial charge >= 0.3 is 6.16 Å². The van der Waals surface area contributed by atoms with E-state index in [0.29, 0.717) is 44.5 Å². The van der Waals surface area contributed by atoms with Crippen LogP contribution in [0.15, 0.2) is 24.0 Å². The Bertz CT molecular complexity index is 886. The molecule has 0 atom stereocenters. The van der Waals surface area contributed by atoms with Crippen molar-refractivity contribution in [3.63, 3.8) is 0 Å². The van der Waals surface area contributed by atoms with Crippen LogP contribution in [0.3, 0.4) is 0 Å². The van der Waals surface area contributed by atoms with Crippen molar-refractivity contribution in [3.05, 3.63) is 40.6 Å².